The summed E-state index contributed by atoms with van der Waals surface area (Å²) in [5, 5.41) is 11.4. The second kappa shape index (κ2) is 6.90. The molecule has 4 heteroatoms. The summed E-state index contributed by atoms with van der Waals surface area (Å²) in [5.41, 5.74) is -1.92. The Kier molecular flexibility index (Phi) is 5.06. The molecule has 1 aliphatic heterocycles. The van der Waals surface area contributed by atoms with E-state index in [2.05, 4.69) is 13.8 Å². The lowest BCUT2D eigenvalue weighted by atomic mass is 9.44. The molecule has 1 saturated carbocycles. The Labute approximate surface area is 161 Å². The van der Waals surface area contributed by atoms with Crippen LogP contribution >= 0.6 is 0 Å². The van der Waals surface area contributed by atoms with Crippen LogP contribution in [0.2, 0.25) is 0 Å². The molecule has 4 nitrogen and oxygen atoms in total. The minimum absolute atomic E-state index is 0.0141. The zero-order valence-electron chi connectivity index (χ0n) is 16.7. The number of hydrogen-bond donors (Lipinski definition) is 1. The number of allylic oxidation sites excluding steroid dienone is 7. The number of carbonyl (C=O) groups excluding carboxylic acids is 2. The standard InChI is InChI=1S/C23H30O4/c1-5-6-7-8-9-11-18(24)17-14-16-15-27-20(25)23(16,26)22(4)13-10-12-21(2,3)19(17)22/h5-9,11,14,17,19,26H,10,12-13,15H2,1-4H3/b6-5+,8-7+,11-9+/t17-,19-,22-,23-/m0/s1. The van der Waals surface area contributed by atoms with Crippen molar-refractivity contribution < 1.29 is 19.4 Å². The molecule has 4 atom stereocenters. The van der Waals surface area contributed by atoms with Gasteiger partial charge in [0.15, 0.2) is 11.4 Å². The first-order valence-electron chi connectivity index (χ1n) is 9.79. The van der Waals surface area contributed by atoms with Gasteiger partial charge < -0.3 is 9.84 Å². The van der Waals surface area contributed by atoms with Crippen LogP contribution in [-0.4, -0.2) is 29.1 Å². The van der Waals surface area contributed by atoms with Gasteiger partial charge in [0, 0.05) is 16.9 Å². The van der Waals surface area contributed by atoms with E-state index >= 15 is 0 Å². The van der Waals surface area contributed by atoms with Crippen molar-refractivity contribution >= 4 is 11.8 Å². The van der Waals surface area contributed by atoms with Gasteiger partial charge in [-0.25, -0.2) is 4.79 Å². The Hall–Kier alpha value is -1.94. The van der Waals surface area contributed by atoms with Crippen LogP contribution in [0.3, 0.4) is 0 Å². The van der Waals surface area contributed by atoms with Gasteiger partial charge in [-0.15, -0.1) is 0 Å². The number of esters is 1. The van der Waals surface area contributed by atoms with Gasteiger partial charge in [-0.05, 0) is 37.2 Å². The summed E-state index contributed by atoms with van der Waals surface area (Å²) in [6.07, 6.45) is 15.3. The number of rotatable bonds is 4. The number of fused-ring (bicyclic) bond motifs is 3. The quantitative estimate of drug-likeness (QED) is 0.353. The molecule has 1 heterocycles. The summed E-state index contributed by atoms with van der Waals surface area (Å²) in [7, 11) is 0. The molecular formula is C23H30O4. The molecule has 2 aliphatic carbocycles. The zero-order chi connectivity index (χ0) is 19.9. The van der Waals surface area contributed by atoms with Crippen molar-refractivity contribution in [2.75, 3.05) is 6.61 Å². The SMILES string of the molecule is C/C=C/C=C/C=C/C(=O)[C@@H]1C=C2COC(=O)[C@]2(O)[C@@]2(C)CCCC(C)(C)[C@H]12. The lowest BCUT2D eigenvalue weighted by molar-refractivity contribution is -0.184. The van der Waals surface area contributed by atoms with Crippen LogP contribution in [0.1, 0.15) is 47.0 Å². The lowest BCUT2D eigenvalue weighted by Crippen LogP contribution is -2.64. The van der Waals surface area contributed by atoms with E-state index < -0.39 is 17.0 Å². The molecule has 27 heavy (non-hydrogen) atoms. The Morgan fingerprint density at radius 3 is 2.59 bits per heavy atom. The van der Waals surface area contributed by atoms with Crippen LogP contribution < -0.4 is 0 Å². The van der Waals surface area contributed by atoms with E-state index in [1.54, 1.807) is 12.2 Å². The van der Waals surface area contributed by atoms with Crippen molar-refractivity contribution in [2.24, 2.45) is 22.7 Å². The summed E-state index contributed by atoms with van der Waals surface area (Å²) >= 11 is 0. The molecule has 146 valence electrons. The number of carbonyl (C=O) groups is 2. The molecule has 0 aromatic carbocycles. The normalized spacial score (nSPS) is 38.1. The highest BCUT2D eigenvalue weighted by Gasteiger charge is 2.69. The molecule has 0 unspecified atom stereocenters. The molecular weight excluding hydrogens is 340 g/mol. The van der Waals surface area contributed by atoms with E-state index in [9.17, 15) is 14.7 Å². The lowest BCUT2D eigenvalue weighted by Gasteiger charge is -2.59. The topological polar surface area (TPSA) is 63.6 Å². The van der Waals surface area contributed by atoms with Crippen molar-refractivity contribution in [3.05, 3.63) is 48.1 Å². The van der Waals surface area contributed by atoms with Crippen LogP contribution in [0.4, 0.5) is 0 Å². The first-order valence-corrected chi connectivity index (χ1v) is 9.79. The van der Waals surface area contributed by atoms with Crippen molar-refractivity contribution in [1.82, 2.24) is 0 Å². The first kappa shape index (κ1) is 19.8. The van der Waals surface area contributed by atoms with Crippen molar-refractivity contribution in [3.63, 3.8) is 0 Å². The number of aliphatic hydroxyl groups is 1. The van der Waals surface area contributed by atoms with Crippen molar-refractivity contribution in [3.8, 4) is 0 Å². The second-order valence-corrected chi connectivity index (χ2v) is 8.91. The van der Waals surface area contributed by atoms with Crippen molar-refractivity contribution in [2.45, 2.75) is 52.6 Å². The largest absolute Gasteiger partial charge is 0.459 e. The van der Waals surface area contributed by atoms with Crippen LogP contribution in [0, 0.1) is 22.7 Å². The van der Waals surface area contributed by atoms with Gasteiger partial charge in [0.2, 0.25) is 0 Å². The third-order valence-electron chi connectivity index (χ3n) is 6.85. The third kappa shape index (κ3) is 2.94. The van der Waals surface area contributed by atoms with Gasteiger partial charge in [-0.3, -0.25) is 4.79 Å². The molecule has 0 amide bonds. The maximum atomic E-state index is 13.1. The van der Waals surface area contributed by atoms with Crippen LogP contribution in [0.5, 0.6) is 0 Å². The van der Waals surface area contributed by atoms with Crippen molar-refractivity contribution in [1.29, 1.82) is 0 Å². The van der Waals surface area contributed by atoms with E-state index in [1.165, 1.54) is 0 Å². The fourth-order valence-corrected chi connectivity index (χ4v) is 5.69. The molecule has 2 fully saturated rings. The molecule has 0 spiro atoms. The minimum Gasteiger partial charge on any atom is -0.459 e. The molecule has 0 aromatic heterocycles. The Morgan fingerprint density at radius 1 is 1.19 bits per heavy atom. The van der Waals surface area contributed by atoms with Gasteiger partial charge in [-0.2, -0.15) is 0 Å². The monoisotopic (exact) mass is 370 g/mol. The molecule has 3 rings (SSSR count). The highest BCUT2D eigenvalue weighted by atomic mass is 16.6. The maximum absolute atomic E-state index is 13.1. The van der Waals surface area contributed by atoms with Gasteiger partial charge in [0.1, 0.15) is 6.61 Å². The van der Waals surface area contributed by atoms with Gasteiger partial charge in [0.05, 0.1) is 0 Å². The van der Waals surface area contributed by atoms with Gasteiger partial charge >= 0.3 is 5.97 Å². The highest BCUT2D eigenvalue weighted by Crippen LogP contribution is 2.64. The van der Waals surface area contributed by atoms with Crippen LogP contribution in [0.15, 0.2) is 48.1 Å². The summed E-state index contributed by atoms with van der Waals surface area (Å²) in [4.78, 5) is 25.6. The van der Waals surface area contributed by atoms with E-state index in [4.69, 9.17) is 4.74 Å². The van der Waals surface area contributed by atoms with E-state index in [0.29, 0.717) is 12.0 Å². The molecule has 0 radical (unpaired) electrons. The third-order valence-corrected chi connectivity index (χ3v) is 6.85. The van der Waals surface area contributed by atoms with E-state index in [-0.39, 0.29) is 29.6 Å². The molecule has 3 aliphatic rings. The molecule has 1 saturated heterocycles. The average molecular weight is 370 g/mol. The van der Waals surface area contributed by atoms with E-state index in [1.807, 2.05) is 44.2 Å². The first-order chi connectivity index (χ1) is 12.7. The Bertz CT molecular complexity index is 754. The number of ketones is 1. The van der Waals surface area contributed by atoms with E-state index in [0.717, 1.165) is 12.8 Å². The number of ether oxygens (including phenoxy) is 1. The maximum Gasteiger partial charge on any atom is 0.343 e. The van der Waals surface area contributed by atoms with Crippen LogP contribution in [-0.2, 0) is 14.3 Å². The predicted octanol–water partition coefficient (Wildman–Crippen LogP) is 3.92. The minimum atomic E-state index is -1.61. The number of hydrogen-bond acceptors (Lipinski definition) is 4. The second-order valence-electron chi connectivity index (χ2n) is 8.91. The summed E-state index contributed by atoms with van der Waals surface area (Å²) in [5.74, 6) is -1.04. The smallest absolute Gasteiger partial charge is 0.343 e. The fraction of sp³-hybridized carbons (Fsp3) is 0.565. The summed E-state index contributed by atoms with van der Waals surface area (Å²) in [6, 6.07) is 0. The molecule has 0 aromatic rings. The fourth-order valence-electron chi connectivity index (χ4n) is 5.69. The van der Waals surface area contributed by atoms with Crippen LogP contribution in [0.25, 0.3) is 0 Å². The number of cyclic esters (lactones) is 1. The zero-order valence-corrected chi connectivity index (χ0v) is 16.7. The summed E-state index contributed by atoms with van der Waals surface area (Å²) in [6.45, 7) is 8.27. The van der Waals surface area contributed by atoms with Gasteiger partial charge in [0.25, 0.3) is 0 Å². The van der Waals surface area contributed by atoms with Gasteiger partial charge in [-0.1, -0.05) is 63.6 Å². The highest BCUT2D eigenvalue weighted by molar-refractivity contribution is 5.96. The Morgan fingerprint density at radius 2 is 1.89 bits per heavy atom. The molecule has 0 bridgehead atoms. The predicted molar refractivity (Wildman–Crippen MR) is 105 cm³/mol. The molecule has 1 N–H and O–H groups in total. The average Bonchev–Trinajstić information content (AvgIpc) is 2.90. The summed E-state index contributed by atoms with van der Waals surface area (Å²) < 4.78 is 5.23. The Balaban J connectivity index is 2.04.